The number of nitrogens with zero attached hydrogens (tertiary/aromatic N) is 3. The molecule has 0 spiro atoms. The van der Waals surface area contributed by atoms with Crippen LogP contribution in [-0.2, 0) is 0 Å². The van der Waals surface area contributed by atoms with Crippen molar-refractivity contribution in [3.63, 3.8) is 0 Å². The number of hydrogen-bond acceptors (Lipinski definition) is 6. The van der Waals surface area contributed by atoms with Gasteiger partial charge in [-0.1, -0.05) is 66.7 Å². The number of H-pyrrole nitrogens is 1. The molecule has 4 aromatic carbocycles. The number of nitrogen functional groups attached to an aromatic ring is 4. The van der Waals surface area contributed by atoms with Gasteiger partial charge in [0.2, 0.25) is 0 Å². The Balaban J connectivity index is 0.00000171. The number of aromatic amines is 1. The first-order valence-electron chi connectivity index (χ1n) is 17.0. The fraction of sp³-hybridized carbons (Fsp3) is 0. The molecular formula is C44H36MgN8. The number of nitrogens with two attached hydrogens (primary N) is 4. The van der Waals surface area contributed by atoms with Gasteiger partial charge in [-0.05, 0) is 85.0 Å². The molecule has 53 heavy (non-hydrogen) atoms. The molecule has 254 valence electrons. The molecule has 8 bridgehead atoms. The van der Waals surface area contributed by atoms with Gasteiger partial charge in [0.25, 0.3) is 0 Å². The van der Waals surface area contributed by atoms with Gasteiger partial charge in [-0.3, -0.25) is 0 Å². The third kappa shape index (κ3) is 5.91. The minimum absolute atomic E-state index is 0. The molecule has 2 aliphatic heterocycles. The minimum atomic E-state index is 0. The van der Waals surface area contributed by atoms with Crippen LogP contribution in [0, 0.1) is 0 Å². The average molecular weight is 701 g/mol. The van der Waals surface area contributed by atoms with Crippen LogP contribution in [0.1, 0.15) is 25.6 Å². The summed E-state index contributed by atoms with van der Waals surface area (Å²) in [6.45, 7) is 0. The second kappa shape index (κ2) is 13.5. The Bertz CT molecular complexity index is 2820. The molecular weight excluding hydrogens is 665 g/mol. The molecule has 0 saturated carbocycles. The molecule has 9 rings (SSSR count). The molecule has 9 N–H and O–H groups in total. The molecule has 0 fully saturated rings. The summed E-state index contributed by atoms with van der Waals surface area (Å²) in [5, 5.41) is 0. The Morgan fingerprint density at radius 2 is 0.943 bits per heavy atom. The number of rotatable bonds is 4. The topological polar surface area (TPSA) is 151 Å². The second-order valence-electron chi connectivity index (χ2n) is 12.9. The number of nitrogens with one attached hydrogen (secondary N) is 1. The predicted octanol–water partition coefficient (Wildman–Crippen LogP) is 9.29. The normalized spacial score (nSPS) is 11.8. The van der Waals surface area contributed by atoms with Gasteiger partial charge in [0.15, 0.2) is 0 Å². The Labute approximate surface area is 325 Å². The van der Waals surface area contributed by atoms with Crippen LogP contribution < -0.4 is 22.9 Å². The molecule has 0 aliphatic carbocycles. The number of benzene rings is 4. The molecule has 0 saturated heterocycles. The average Bonchev–Trinajstić information content (AvgIpc) is 3.95. The molecule has 3 aromatic heterocycles. The van der Waals surface area contributed by atoms with Crippen LogP contribution in [0.5, 0.6) is 0 Å². The first-order valence-corrected chi connectivity index (χ1v) is 17.0. The minimum Gasteiger partial charge on any atom is -1.00 e. The second-order valence-corrected chi connectivity index (χ2v) is 12.9. The number of hydrogen-bond donors (Lipinski definition) is 5. The van der Waals surface area contributed by atoms with E-state index < -0.39 is 0 Å². The molecule has 8 nitrogen and oxygen atoms in total. The van der Waals surface area contributed by atoms with Crippen LogP contribution in [-0.4, -0.2) is 42.6 Å². The smallest absolute Gasteiger partial charge is 1.00 e. The van der Waals surface area contributed by atoms with E-state index in [0.29, 0.717) is 22.7 Å². The molecule has 2 aliphatic rings. The van der Waals surface area contributed by atoms with E-state index >= 15 is 0 Å². The quantitative estimate of drug-likeness (QED) is 0.0912. The van der Waals surface area contributed by atoms with Crippen molar-refractivity contribution in [3.8, 4) is 39.1 Å². The summed E-state index contributed by atoms with van der Waals surface area (Å²) in [6, 6.07) is 41.7. The summed E-state index contributed by atoms with van der Waals surface area (Å²) in [4.78, 5) is 13.8. The maximum atomic E-state index is 6.94. The third-order valence-electron chi connectivity index (χ3n) is 9.54. The maximum absolute atomic E-state index is 6.94. The van der Waals surface area contributed by atoms with E-state index in [1.807, 2.05) is 146 Å². The van der Waals surface area contributed by atoms with E-state index in [9.17, 15) is 0 Å². The maximum Gasteiger partial charge on any atom is 2.00 e. The monoisotopic (exact) mass is 700 g/mol. The zero-order chi connectivity index (χ0) is 35.3. The molecule has 5 heterocycles. The summed E-state index contributed by atoms with van der Waals surface area (Å²) < 4.78 is 2.19. The Hall–Kier alpha value is -6.55. The van der Waals surface area contributed by atoms with Crippen LogP contribution >= 0.6 is 0 Å². The third-order valence-corrected chi connectivity index (χ3v) is 9.54. The van der Waals surface area contributed by atoms with E-state index in [2.05, 4.69) is 15.6 Å². The summed E-state index contributed by atoms with van der Waals surface area (Å²) in [5.74, 6) is 0. The van der Waals surface area contributed by atoms with Crippen molar-refractivity contribution >= 4 is 92.2 Å². The summed E-state index contributed by atoms with van der Waals surface area (Å²) >= 11 is 0. The fourth-order valence-electron chi connectivity index (χ4n) is 7.21. The molecule has 0 amide bonds. The van der Waals surface area contributed by atoms with Crippen LogP contribution in [0.15, 0.2) is 127 Å². The van der Waals surface area contributed by atoms with E-state index in [1.54, 1.807) is 0 Å². The number of para-hydroxylation sites is 5. The molecule has 0 radical (unpaired) electrons. The van der Waals surface area contributed by atoms with Crippen LogP contribution in [0.25, 0.3) is 85.4 Å². The van der Waals surface area contributed by atoms with Crippen molar-refractivity contribution in [2.45, 2.75) is 0 Å². The zero-order valence-corrected chi connectivity index (χ0v) is 30.2. The van der Waals surface area contributed by atoms with Gasteiger partial charge in [-0.2, -0.15) is 0 Å². The van der Waals surface area contributed by atoms with Crippen molar-refractivity contribution in [1.29, 1.82) is 0 Å². The predicted molar refractivity (Wildman–Crippen MR) is 226 cm³/mol. The largest absolute Gasteiger partial charge is 2.00 e. The molecule has 0 atom stereocenters. The van der Waals surface area contributed by atoms with Crippen LogP contribution in [0.2, 0.25) is 0 Å². The fourth-order valence-corrected chi connectivity index (χ4v) is 7.21. The number of aromatic nitrogens is 4. The van der Waals surface area contributed by atoms with Gasteiger partial charge in [0.05, 0.1) is 45.2 Å². The summed E-state index contributed by atoms with van der Waals surface area (Å²) in [5.41, 5.74) is 42.4. The van der Waals surface area contributed by atoms with Crippen molar-refractivity contribution in [1.82, 2.24) is 19.5 Å². The van der Waals surface area contributed by atoms with Gasteiger partial charge < -0.3 is 35.3 Å². The van der Waals surface area contributed by atoms with E-state index in [4.69, 9.17) is 32.9 Å². The van der Waals surface area contributed by atoms with Gasteiger partial charge >= 0.3 is 23.1 Å². The van der Waals surface area contributed by atoms with Gasteiger partial charge in [0.1, 0.15) is 0 Å². The standard InChI is InChI=1S/C44H34N8.Mg.2H/c45-34-12-4-1-9-31(34)41-38-22-21-29(51-38)24-28-18-17-26(49-28)23-27-19-20-30(50-27)25-40-42(32-10-2-5-13-35(32)46)43(33-11-3-6-14-36(33)47)44(41)52(40)39-16-8-7-15-37(39)48;;;/h1-25,49H,45-48H2;;;/q;+2;2*-1. The number of fused-ring (bicyclic) bond motifs is 8. The Morgan fingerprint density at radius 3 is 1.53 bits per heavy atom. The van der Waals surface area contributed by atoms with Gasteiger partial charge in [0, 0.05) is 61.5 Å². The van der Waals surface area contributed by atoms with Gasteiger partial charge in [-0.15, -0.1) is 0 Å². The van der Waals surface area contributed by atoms with E-state index in [-0.39, 0.29) is 25.9 Å². The van der Waals surface area contributed by atoms with Crippen molar-refractivity contribution in [2.75, 3.05) is 22.9 Å². The summed E-state index contributed by atoms with van der Waals surface area (Å²) in [7, 11) is 0. The van der Waals surface area contributed by atoms with Crippen LogP contribution in [0.4, 0.5) is 22.7 Å². The summed E-state index contributed by atoms with van der Waals surface area (Å²) in [6.07, 6.45) is 8.09. The first kappa shape index (κ1) is 33.6. The van der Waals surface area contributed by atoms with E-state index in [0.717, 1.165) is 83.9 Å². The molecule has 9 heteroatoms. The zero-order valence-electron chi connectivity index (χ0n) is 30.8. The van der Waals surface area contributed by atoms with Gasteiger partial charge in [-0.25, -0.2) is 9.97 Å². The Morgan fingerprint density at radius 1 is 0.472 bits per heavy atom. The van der Waals surface area contributed by atoms with Crippen molar-refractivity contribution in [2.24, 2.45) is 0 Å². The number of anilines is 4. The van der Waals surface area contributed by atoms with E-state index in [1.165, 1.54) is 0 Å². The van der Waals surface area contributed by atoms with Crippen molar-refractivity contribution in [3.05, 3.63) is 150 Å². The molecule has 0 unspecified atom stereocenters. The SMILES string of the molecule is Nc1ccccc1-c1c(-c2ccccc2N)c2c(-c3ccccc3N)c3nc(cc4ccc(cc5nc(cc1n2-c1ccccc1N)C=C5)[nH]4)C=C3.[H-].[H-].[Mg+2]. The van der Waals surface area contributed by atoms with Crippen molar-refractivity contribution < 1.29 is 2.85 Å². The van der Waals surface area contributed by atoms with Crippen LogP contribution in [0.3, 0.4) is 0 Å². The molecule has 7 aromatic rings. The first-order chi connectivity index (χ1) is 25.4. The Kier molecular flexibility index (Phi) is 8.58.